The van der Waals surface area contributed by atoms with E-state index in [4.69, 9.17) is 4.74 Å². The Morgan fingerprint density at radius 1 is 1.32 bits per heavy atom. The van der Waals surface area contributed by atoms with Gasteiger partial charge in [0.05, 0.1) is 6.61 Å². The molecule has 0 aromatic rings. The topological polar surface area (TPSA) is 24.5 Å². The van der Waals surface area contributed by atoms with Crippen molar-refractivity contribution in [2.24, 2.45) is 5.41 Å². The van der Waals surface area contributed by atoms with Crippen LogP contribution in [0.25, 0.3) is 0 Å². The SMILES string of the molecule is CCCNC1C(N(C)C2CCOC2)CCCC1(C)C. The summed E-state index contributed by atoms with van der Waals surface area (Å²) in [5.41, 5.74) is 0.409. The van der Waals surface area contributed by atoms with E-state index in [0.717, 1.165) is 19.8 Å². The van der Waals surface area contributed by atoms with Crippen LogP contribution in [-0.2, 0) is 4.74 Å². The molecule has 1 saturated heterocycles. The van der Waals surface area contributed by atoms with Crippen molar-refractivity contribution in [2.45, 2.75) is 71.0 Å². The average Bonchev–Trinajstić information content (AvgIpc) is 2.89. The lowest BCUT2D eigenvalue weighted by Gasteiger charge is -2.49. The first-order chi connectivity index (χ1) is 9.06. The van der Waals surface area contributed by atoms with Gasteiger partial charge in [0.1, 0.15) is 0 Å². The monoisotopic (exact) mass is 268 g/mol. The zero-order valence-corrected chi connectivity index (χ0v) is 13.2. The number of likely N-dealkylation sites (N-methyl/N-ethyl adjacent to an activating group) is 1. The highest BCUT2D eigenvalue weighted by Gasteiger charge is 2.42. The first-order valence-corrected chi connectivity index (χ1v) is 8.09. The summed E-state index contributed by atoms with van der Waals surface area (Å²) in [5.74, 6) is 0. The maximum Gasteiger partial charge on any atom is 0.0622 e. The van der Waals surface area contributed by atoms with Crippen LogP contribution in [0.3, 0.4) is 0 Å². The van der Waals surface area contributed by atoms with Crippen LogP contribution in [-0.4, -0.2) is 49.8 Å². The number of nitrogens with zero attached hydrogens (tertiary/aromatic N) is 1. The van der Waals surface area contributed by atoms with Gasteiger partial charge < -0.3 is 10.1 Å². The van der Waals surface area contributed by atoms with Gasteiger partial charge in [0.2, 0.25) is 0 Å². The molecule has 2 aliphatic rings. The van der Waals surface area contributed by atoms with Crippen LogP contribution < -0.4 is 5.32 Å². The van der Waals surface area contributed by atoms with E-state index >= 15 is 0 Å². The predicted molar refractivity (Wildman–Crippen MR) is 80.5 cm³/mol. The summed E-state index contributed by atoms with van der Waals surface area (Å²) < 4.78 is 5.58. The number of nitrogens with one attached hydrogen (secondary N) is 1. The lowest BCUT2D eigenvalue weighted by Crippen LogP contribution is -2.60. The number of hydrogen-bond acceptors (Lipinski definition) is 3. The summed E-state index contributed by atoms with van der Waals surface area (Å²) >= 11 is 0. The van der Waals surface area contributed by atoms with Gasteiger partial charge in [0.15, 0.2) is 0 Å². The van der Waals surface area contributed by atoms with E-state index in [0.29, 0.717) is 23.5 Å². The van der Waals surface area contributed by atoms with Crippen LogP contribution in [0.4, 0.5) is 0 Å². The van der Waals surface area contributed by atoms with E-state index in [9.17, 15) is 0 Å². The standard InChI is InChI=1S/C16H32N2O/c1-5-10-17-15-14(7-6-9-16(15,2)3)18(4)13-8-11-19-12-13/h13-15,17H,5-12H2,1-4H3. The van der Waals surface area contributed by atoms with Gasteiger partial charge in [-0.2, -0.15) is 0 Å². The summed E-state index contributed by atoms with van der Waals surface area (Å²) in [7, 11) is 2.31. The quantitative estimate of drug-likeness (QED) is 0.829. The van der Waals surface area contributed by atoms with E-state index in [2.05, 4.69) is 38.0 Å². The van der Waals surface area contributed by atoms with Crippen molar-refractivity contribution in [1.29, 1.82) is 0 Å². The lowest BCUT2D eigenvalue weighted by atomic mass is 9.70. The first-order valence-electron chi connectivity index (χ1n) is 8.09. The highest BCUT2D eigenvalue weighted by molar-refractivity contribution is 4.99. The second kappa shape index (κ2) is 6.55. The molecule has 2 rings (SSSR count). The summed E-state index contributed by atoms with van der Waals surface area (Å²) in [6.07, 6.45) is 6.46. The zero-order chi connectivity index (χ0) is 13.9. The highest BCUT2D eigenvalue weighted by Crippen LogP contribution is 2.38. The Morgan fingerprint density at radius 2 is 2.11 bits per heavy atom. The molecule has 0 radical (unpaired) electrons. The molecule has 1 N–H and O–H groups in total. The minimum absolute atomic E-state index is 0.409. The summed E-state index contributed by atoms with van der Waals surface area (Å²) in [5, 5.41) is 3.83. The Balaban J connectivity index is 2.05. The van der Waals surface area contributed by atoms with Gasteiger partial charge in [0, 0.05) is 24.7 Å². The van der Waals surface area contributed by atoms with Crippen LogP contribution in [0, 0.1) is 5.41 Å². The molecule has 3 nitrogen and oxygen atoms in total. The number of hydrogen-bond donors (Lipinski definition) is 1. The molecule has 2 fully saturated rings. The third-order valence-corrected chi connectivity index (χ3v) is 5.17. The van der Waals surface area contributed by atoms with E-state index in [1.807, 2.05) is 0 Å². The van der Waals surface area contributed by atoms with Gasteiger partial charge in [-0.15, -0.1) is 0 Å². The fourth-order valence-electron chi connectivity index (χ4n) is 3.87. The van der Waals surface area contributed by atoms with Crippen molar-refractivity contribution in [3.8, 4) is 0 Å². The molecule has 0 amide bonds. The molecular weight excluding hydrogens is 236 g/mol. The van der Waals surface area contributed by atoms with E-state index in [-0.39, 0.29) is 0 Å². The normalized spacial score (nSPS) is 34.9. The maximum absolute atomic E-state index is 5.58. The fraction of sp³-hybridized carbons (Fsp3) is 1.00. The largest absolute Gasteiger partial charge is 0.380 e. The highest BCUT2D eigenvalue weighted by atomic mass is 16.5. The van der Waals surface area contributed by atoms with Crippen LogP contribution in [0.15, 0.2) is 0 Å². The third-order valence-electron chi connectivity index (χ3n) is 5.17. The molecular formula is C16H32N2O. The molecule has 0 spiro atoms. The van der Waals surface area contributed by atoms with Gasteiger partial charge in [-0.05, 0) is 44.7 Å². The van der Waals surface area contributed by atoms with E-state index in [1.54, 1.807) is 0 Å². The van der Waals surface area contributed by atoms with Crippen molar-refractivity contribution >= 4 is 0 Å². The maximum atomic E-state index is 5.58. The average molecular weight is 268 g/mol. The summed E-state index contributed by atoms with van der Waals surface area (Å²) in [6.45, 7) is 10.1. The van der Waals surface area contributed by atoms with Crippen LogP contribution in [0.5, 0.6) is 0 Å². The van der Waals surface area contributed by atoms with Gasteiger partial charge in [-0.3, -0.25) is 4.90 Å². The summed E-state index contributed by atoms with van der Waals surface area (Å²) in [4.78, 5) is 2.61. The zero-order valence-electron chi connectivity index (χ0n) is 13.2. The molecule has 112 valence electrons. The van der Waals surface area contributed by atoms with E-state index < -0.39 is 0 Å². The van der Waals surface area contributed by atoms with Crippen LogP contribution >= 0.6 is 0 Å². The Bertz CT molecular complexity index is 274. The fourth-order valence-corrected chi connectivity index (χ4v) is 3.87. The van der Waals surface area contributed by atoms with E-state index in [1.165, 1.54) is 32.1 Å². The van der Waals surface area contributed by atoms with Crippen molar-refractivity contribution in [3.05, 3.63) is 0 Å². The summed E-state index contributed by atoms with van der Waals surface area (Å²) in [6, 6.07) is 1.92. The molecule has 0 aromatic heterocycles. The Kier molecular flexibility index (Phi) is 5.27. The molecule has 1 saturated carbocycles. The van der Waals surface area contributed by atoms with Crippen molar-refractivity contribution < 1.29 is 4.74 Å². The van der Waals surface area contributed by atoms with Gasteiger partial charge >= 0.3 is 0 Å². The van der Waals surface area contributed by atoms with Crippen LogP contribution in [0.2, 0.25) is 0 Å². The van der Waals surface area contributed by atoms with Crippen molar-refractivity contribution in [3.63, 3.8) is 0 Å². The van der Waals surface area contributed by atoms with Gasteiger partial charge in [-0.1, -0.05) is 27.2 Å². The van der Waals surface area contributed by atoms with Gasteiger partial charge in [-0.25, -0.2) is 0 Å². The molecule has 19 heavy (non-hydrogen) atoms. The first kappa shape index (κ1) is 15.3. The molecule has 3 heteroatoms. The Morgan fingerprint density at radius 3 is 2.74 bits per heavy atom. The second-order valence-corrected chi connectivity index (χ2v) is 7.06. The smallest absolute Gasteiger partial charge is 0.0622 e. The molecule has 1 heterocycles. The minimum Gasteiger partial charge on any atom is -0.380 e. The number of rotatable bonds is 5. The molecule has 1 aliphatic carbocycles. The van der Waals surface area contributed by atoms with Gasteiger partial charge in [0.25, 0.3) is 0 Å². The second-order valence-electron chi connectivity index (χ2n) is 7.06. The Hall–Kier alpha value is -0.120. The molecule has 0 aromatic carbocycles. The third kappa shape index (κ3) is 3.50. The predicted octanol–water partition coefficient (Wildman–Crippen LogP) is 2.65. The number of ether oxygens (including phenoxy) is 1. The van der Waals surface area contributed by atoms with Crippen LogP contribution in [0.1, 0.15) is 52.9 Å². The Labute approximate surface area is 119 Å². The molecule has 3 unspecified atom stereocenters. The minimum atomic E-state index is 0.409. The molecule has 3 atom stereocenters. The molecule has 1 aliphatic heterocycles. The lowest BCUT2D eigenvalue weighted by molar-refractivity contribution is 0.0359. The molecule has 0 bridgehead atoms. The van der Waals surface area contributed by atoms with Crippen molar-refractivity contribution in [2.75, 3.05) is 26.8 Å². The van der Waals surface area contributed by atoms with Crippen molar-refractivity contribution in [1.82, 2.24) is 10.2 Å².